The highest BCUT2D eigenvalue weighted by molar-refractivity contribution is 5.71. The molecule has 5 unspecified atom stereocenters. The Bertz CT molecular complexity index is 334. The number of nitrogens with zero attached hydrogens (tertiary/aromatic N) is 1. The normalized spacial score (nSPS) is 39.6. The summed E-state index contributed by atoms with van der Waals surface area (Å²) in [5.74, 6) is -0.123. The van der Waals surface area contributed by atoms with Gasteiger partial charge in [-0.3, -0.25) is 9.69 Å². The number of aliphatic carboxylic acids is 1. The monoisotopic (exact) mass is 283 g/mol. The third kappa shape index (κ3) is 3.34. The van der Waals surface area contributed by atoms with Crippen molar-refractivity contribution in [3.63, 3.8) is 0 Å². The third-order valence-corrected chi connectivity index (χ3v) is 5.23. The van der Waals surface area contributed by atoms with Crippen LogP contribution in [0.2, 0.25) is 0 Å². The molecule has 0 spiro atoms. The number of morpholine rings is 1. The minimum atomic E-state index is -0.612. The van der Waals surface area contributed by atoms with Crippen LogP contribution in [0, 0.1) is 11.8 Å². The van der Waals surface area contributed by atoms with Crippen molar-refractivity contribution in [2.45, 2.75) is 71.1 Å². The molecule has 2 rings (SSSR count). The summed E-state index contributed by atoms with van der Waals surface area (Å²) in [6, 6.07) is 0.580. The lowest BCUT2D eigenvalue weighted by atomic mass is 9.76. The lowest BCUT2D eigenvalue weighted by molar-refractivity contribution is -0.151. The summed E-state index contributed by atoms with van der Waals surface area (Å²) in [7, 11) is 0. The summed E-state index contributed by atoms with van der Waals surface area (Å²) in [4.78, 5) is 14.1. The highest BCUT2D eigenvalue weighted by Gasteiger charge is 2.41. The first-order chi connectivity index (χ1) is 9.56. The Balaban J connectivity index is 2.16. The fourth-order valence-corrected chi connectivity index (χ4v) is 3.88. The molecule has 1 aliphatic heterocycles. The summed E-state index contributed by atoms with van der Waals surface area (Å²) in [5, 5.41) is 9.57. The predicted molar refractivity (Wildman–Crippen MR) is 78.7 cm³/mol. The van der Waals surface area contributed by atoms with Crippen LogP contribution in [0.1, 0.15) is 52.9 Å². The smallest absolute Gasteiger partial charge is 0.308 e. The Morgan fingerprint density at radius 1 is 1.30 bits per heavy atom. The second-order valence-corrected chi connectivity index (χ2v) is 6.50. The molecule has 4 heteroatoms. The van der Waals surface area contributed by atoms with E-state index in [4.69, 9.17) is 4.74 Å². The molecule has 1 aliphatic carbocycles. The maximum atomic E-state index is 11.6. The molecule has 0 amide bonds. The van der Waals surface area contributed by atoms with Gasteiger partial charge in [0.1, 0.15) is 0 Å². The SMILES string of the molecule is CCC1CCC(C(=O)O)C(N2CC(C)OCC2CC)C1. The van der Waals surface area contributed by atoms with E-state index in [9.17, 15) is 9.90 Å². The summed E-state index contributed by atoms with van der Waals surface area (Å²) in [5.41, 5.74) is 0. The van der Waals surface area contributed by atoms with Crippen LogP contribution in [0.4, 0.5) is 0 Å². The van der Waals surface area contributed by atoms with Crippen molar-refractivity contribution in [1.82, 2.24) is 4.90 Å². The van der Waals surface area contributed by atoms with Crippen LogP contribution in [0.5, 0.6) is 0 Å². The van der Waals surface area contributed by atoms with Gasteiger partial charge < -0.3 is 9.84 Å². The van der Waals surface area contributed by atoms with Gasteiger partial charge in [0.05, 0.1) is 18.6 Å². The molecule has 0 aromatic rings. The summed E-state index contributed by atoms with van der Waals surface area (Å²) in [6.07, 6.45) is 5.36. The van der Waals surface area contributed by atoms with Crippen LogP contribution in [0.15, 0.2) is 0 Å². The number of ether oxygens (including phenoxy) is 1. The molecule has 1 heterocycles. The van der Waals surface area contributed by atoms with E-state index in [2.05, 4.69) is 25.7 Å². The van der Waals surface area contributed by atoms with Crippen LogP contribution < -0.4 is 0 Å². The zero-order valence-electron chi connectivity index (χ0n) is 13.0. The van der Waals surface area contributed by atoms with E-state index in [-0.39, 0.29) is 18.1 Å². The van der Waals surface area contributed by atoms with Crippen LogP contribution in [-0.4, -0.2) is 47.3 Å². The molecule has 0 aromatic heterocycles. The molecular weight excluding hydrogens is 254 g/mol. The Morgan fingerprint density at radius 3 is 2.65 bits per heavy atom. The van der Waals surface area contributed by atoms with Gasteiger partial charge in [-0.15, -0.1) is 0 Å². The molecule has 5 atom stereocenters. The third-order valence-electron chi connectivity index (χ3n) is 5.23. The highest BCUT2D eigenvalue weighted by atomic mass is 16.5. The number of hydrogen-bond acceptors (Lipinski definition) is 3. The second-order valence-electron chi connectivity index (χ2n) is 6.50. The molecule has 2 aliphatic rings. The van der Waals surface area contributed by atoms with Gasteiger partial charge in [-0.05, 0) is 38.5 Å². The first-order valence-corrected chi connectivity index (χ1v) is 8.16. The van der Waals surface area contributed by atoms with E-state index in [1.165, 1.54) is 6.42 Å². The van der Waals surface area contributed by atoms with Crippen molar-refractivity contribution in [2.24, 2.45) is 11.8 Å². The fraction of sp³-hybridized carbons (Fsp3) is 0.938. The molecule has 4 nitrogen and oxygen atoms in total. The van der Waals surface area contributed by atoms with Crippen molar-refractivity contribution in [2.75, 3.05) is 13.2 Å². The highest BCUT2D eigenvalue weighted by Crippen LogP contribution is 2.36. The molecule has 116 valence electrons. The van der Waals surface area contributed by atoms with Crippen molar-refractivity contribution in [3.05, 3.63) is 0 Å². The van der Waals surface area contributed by atoms with Crippen LogP contribution in [0.25, 0.3) is 0 Å². The van der Waals surface area contributed by atoms with E-state index in [0.717, 1.165) is 38.8 Å². The van der Waals surface area contributed by atoms with Gasteiger partial charge >= 0.3 is 5.97 Å². The minimum Gasteiger partial charge on any atom is -0.481 e. The Kier molecular flexibility index (Phi) is 5.44. The van der Waals surface area contributed by atoms with Crippen molar-refractivity contribution < 1.29 is 14.6 Å². The quantitative estimate of drug-likeness (QED) is 0.862. The van der Waals surface area contributed by atoms with Gasteiger partial charge in [-0.25, -0.2) is 0 Å². The first-order valence-electron chi connectivity index (χ1n) is 8.16. The molecule has 1 N–H and O–H groups in total. The number of carboxylic acids is 1. The fourth-order valence-electron chi connectivity index (χ4n) is 3.88. The summed E-state index contributed by atoms with van der Waals surface area (Å²) < 4.78 is 5.76. The van der Waals surface area contributed by atoms with Crippen molar-refractivity contribution in [1.29, 1.82) is 0 Å². The van der Waals surface area contributed by atoms with E-state index in [1.807, 2.05) is 0 Å². The molecule has 2 fully saturated rings. The molecule has 0 bridgehead atoms. The second kappa shape index (κ2) is 6.90. The van der Waals surface area contributed by atoms with E-state index < -0.39 is 5.97 Å². The number of carbonyl (C=O) groups is 1. The topological polar surface area (TPSA) is 49.8 Å². The number of rotatable bonds is 4. The largest absolute Gasteiger partial charge is 0.481 e. The average molecular weight is 283 g/mol. The Morgan fingerprint density at radius 2 is 2.05 bits per heavy atom. The van der Waals surface area contributed by atoms with Crippen LogP contribution in [-0.2, 0) is 9.53 Å². The zero-order valence-corrected chi connectivity index (χ0v) is 13.0. The van der Waals surface area contributed by atoms with Gasteiger partial charge in [0.2, 0.25) is 0 Å². The lowest BCUT2D eigenvalue weighted by Gasteiger charge is -2.47. The molecule has 0 radical (unpaired) electrons. The standard InChI is InChI=1S/C16H29NO3/c1-4-12-6-7-14(16(18)19)15(8-12)17-9-11(3)20-10-13(17)5-2/h11-15H,4-10H2,1-3H3,(H,18,19). The van der Waals surface area contributed by atoms with Gasteiger partial charge in [-0.2, -0.15) is 0 Å². The average Bonchev–Trinajstić information content (AvgIpc) is 2.46. The lowest BCUT2D eigenvalue weighted by Crippen LogP contribution is -2.57. The van der Waals surface area contributed by atoms with Crippen molar-refractivity contribution >= 4 is 5.97 Å². The molecule has 1 saturated heterocycles. The van der Waals surface area contributed by atoms with Gasteiger partial charge in [-0.1, -0.05) is 20.3 Å². The molecule has 1 saturated carbocycles. The molecule has 20 heavy (non-hydrogen) atoms. The van der Waals surface area contributed by atoms with Gasteiger partial charge in [0, 0.05) is 18.6 Å². The minimum absolute atomic E-state index is 0.197. The molecule has 0 aromatic carbocycles. The van der Waals surface area contributed by atoms with E-state index in [1.54, 1.807) is 0 Å². The van der Waals surface area contributed by atoms with Crippen molar-refractivity contribution in [3.8, 4) is 0 Å². The zero-order chi connectivity index (χ0) is 14.7. The van der Waals surface area contributed by atoms with Crippen LogP contribution >= 0.6 is 0 Å². The first kappa shape index (κ1) is 15.8. The Labute approximate surface area is 122 Å². The van der Waals surface area contributed by atoms with E-state index >= 15 is 0 Å². The maximum Gasteiger partial charge on any atom is 0.308 e. The maximum absolute atomic E-state index is 11.6. The van der Waals surface area contributed by atoms with E-state index in [0.29, 0.717) is 12.0 Å². The van der Waals surface area contributed by atoms with Crippen LogP contribution in [0.3, 0.4) is 0 Å². The van der Waals surface area contributed by atoms with Gasteiger partial charge in [0.15, 0.2) is 0 Å². The number of hydrogen-bond donors (Lipinski definition) is 1. The van der Waals surface area contributed by atoms with Gasteiger partial charge in [0.25, 0.3) is 0 Å². The Hall–Kier alpha value is -0.610. The summed E-state index contributed by atoms with van der Waals surface area (Å²) in [6.45, 7) is 8.12. The summed E-state index contributed by atoms with van der Waals surface area (Å²) >= 11 is 0. The number of carboxylic acid groups (broad SMARTS) is 1. The predicted octanol–water partition coefficient (Wildman–Crippen LogP) is 2.77. The molecular formula is C16H29NO3.